The van der Waals surface area contributed by atoms with E-state index < -0.39 is 0 Å². The molecule has 0 aliphatic carbocycles. The zero-order valence-electron chi connectivity index (χ0n) is 12.0. The molecule has 1 N–H and O–H groups in total. The van der Waals surface area contributed by atoms with Crippen LogP contribution in [0.5, 0.6) is 0 Å². The van der Waals surface area contributed by atoms with Gasteiger partial charge in [-0.05, 0) is 69.4 Å². The standard InChI is InChI=1S/C16H26N2/c1-13-6-4-8-16(14(13)2)12-18(3)11-15-7-5-9-17-10-15/h4,6,8,15,17H,5,7,9-12H2,1-3H3. The molecular weight excluding hydrogens is 220 g/mol. The van der Waals surface area contributed by atoms with E-state index in [1.165, 1.54) is 49.2 Å². The molecule has 0 radical (unpaired) electrons. The zero-order chi connectivity index (χ0) is 13.0. The SMILES string of the molecule is Cc1cccc(CN(C)CC2CCCNC2)c1C. The summed E-state index contributed by atoms with van der Waals surface area (Å²) in [7, 11) is 2.25. The van der Waals surface area contributed by atoms with Crippen LogP contribution in [0.1, 0.15) is 29.5 Å². The largest absolute Gasteiger partial charge is 0.316 e. The highest BCUT2D eigenvalue weighted by molar-refractivity contribution is 5.32. The third-order valence-electron chi connectivity index (χ3n) is 4.13. The van der Waals surface area contributed by atoms with Crippen LogP contribution in [-0.4, -0.2) is 31.6 Å². The van der Waals surface area contributed by atoms with Crippen molar-refractivity contribution in [2.45, 2.75) is 33.2 Å². The number of hydrogen-bond acceptors (Lipinski definition) is 2. The van der Waals surface area contributed by atoms with Crippen LogP contribution in [0.25, 0.3) is 0 Å². The second kappa shape index (κ2) is 6.35. The van der Waals surface area contributed by atoms with Crippen molar-refractivity contribution in [2.75, 3.05) is 26.7 Å². The first-order valence-corrected chi connectivity index (χ1v) is 7.11. The zero-order valence-corrected chi connectivity index (χ0v) is 12.0. The van der Waals surface area contributed by atoms with E-state index in [1.807, 2.05) is 0 Å². The van der Waals surface area contributed by atoms with E-state index in [2.05, 4.69) is 49.3 Å². The van der Waals surface area contributed by atoms with Crippen LogP contribution < -0.4 is 5.32 Å². The van der Waals surface area contributed by atoms with Crippen molar-refractivity contribution < 1.29 is 0 Å². The predicted octanol–water partition coefficient (Wildman–Crippen LogP) is 2.73. The molecule has 0 bridgehead atoms. The molecule has 1 aromatic rings. The summed E-state index contributed by atoms with van der Waals surface area (Å²) in [6.07, 6.45) is 2.71. The van der Waals surface area contributed by atoms with E-state index in [1.54, 1.807) is 0 Å². The van der Waals surface area contributed by atoms with Crippen molar-refractivity contribution in [3.63, 3.8) is 0 Å². The van der Waals surface area contributed by atoms with Gasteiger partial charge in [-0.2, -0.15) is 0 Å². The molecule has 0 saturated carbocycles. The number of piperidine rings is 1. The Morgan fingerprint density at radius 1 is 1.33 bits per heavy atom. The maximum atomic E-state index is 3.50. The summed E-state index contributed by atoms with van der Waals surface area (Å²) in [5, 5.41) is 3.50. The Bertz CT molecular complexity index is 381. The Balaban J connectivity index is 1.90. The van der Waals surface area contributed by atoms with Crippen molar-refractivity contribution in [2.24, 2.45) is 5.92 Å². The number of aryl methyl sites for hydroxylation is 1. The first kappa shape index (κ1) is 13.6. The molecule has 2 heteroatoms. The summed E-state index contributed by atoms with van der Waals surface area (Å²) < 4.78 is 0. The number of benzene rings is 1. The van der Waals surface area contributed by atoms with Crippen molar-refractivity contribution in [3.05, 3.63) is 34.9 Å². The summed E-state index contributed by atoms with van der Waals surface area (Å²) in [6, 6.07) is 6.63. The van der Waals surface area contributed by atoms with Gasteiger partial charge >= 0.3 is 0 Å². The molecule has 2 rings (SSSR count). The van der Waals surface area contributed by atoms with Crippen molar-refractivity contribution in [3.8, 4) is 0 Å². The Labute approximate surface area is 111 Å². The topological polar surface area (TPSA) is 15.3 Å². The third kappa shape index (κ3) is 3.56. The smallest absolute Gasteiger partial charge is 0.0233 e. The fourth-order valence-electron chi connectivity index (χ4n) is 2.86. The average Bonchev–Trinajstić information content (AvgIpc) is 2.36. The molecule has 100 valence electrons. The number of nitrogens with zero attached hydrogens (tertiary/aromatic N) is 1. The lowest BCUT2D eigenvalue weighted by Crippen LogP contribution is -2.36. The lowest BCUT2D eigenvalue weighted by Gasteiger charge is -2.28. The van der Waals surface area contributed by atoms with Gasteiger partial charge < -0.3 is 10.2 Å². The van der Waals surface area contributed by atoms with Gasteiger partial charge in [0.05, 0.1) is 0 Å². The van der Waals surface area contributed by atoms with Crippen molar-refractivity contribution in [1.29, 1.82) is 0 Å². The van der Waals surface area contributed by atoms with E-state index >= 15 is 0 Å². The third-order valence-corrected chi connectivity index (χ3v) is 4.13. The molecule has 18 heavy (non-hydrogen) atoms. The summed E-state index contributed by atoms with van der Waals surface area (Å²) in [5.41, 5.74) is 4.33. The van der Waals surface area contributed by atoms with E-state index in [0.29, 0.717) is 0 Å². The normalized spacial score (nSPS) is 20.3. The highest BCUT2D eigenvalue weighted by atomic mass is 15.1. The first-order valence-electron chi connectivity index (χ1n) is 7.11. The fraction of sp³-hybridized carbons (Fsp3) is 0.625. The maximum Gasteiger partial charge on any atom is 0.0233 e. The van der Waals surface area contributed by atoms with Crippen molar-refractivity contribution >= 4 is 0 Å². The minimum Gasteiger partial charge on any atom is -0.316 e. The van der Waals surface area contributed by atoms with Crippen LogP contribution in [0.4, 0.5) is 0 Å². The second-order valence-corrected chi connectivity index (χ2v) is 5.77. The highest BCUT2D eigenvalue weighted by Crippen LogP contribution is 2.16. The van der Waals surface area contributed by atoms with Crippen LogP contribution in [0.3, 0.4) is 0 Å². The number of hydrogen-bond donors (Lipinski definition) is 1. The molecule has 1 atom stereocenters. The van der Waals surface area contributed by atoms with Crippen molar-refractivity contribution in [1.82, 2.24) is 10.2 Å². The van der Waals surface area contributed by atoms with Gasteiger partial charge in [-0.25, -0.2) is 0 Å². The Morgan fingerprint density at radius 3 is 2.89 bits per heavy atom. The van der Waals surface area contributed by atoms with Crippen LogP contribution in [-0.2, 0) is 6.54 Å². The van der Waals surface area contributed by atoms with E-state index in [4.69, 9.17) is 0 Å². The Kier molecular flexibility index (Phi) is 4.79. The number of nitrogens with one attached hydrogen (secondary N) is 1. The Hall–Kier alpha value is -0.860. The minimum absolute atomic E-state index is 0.828. The summed E-state index contributed by atoms with van der Waals surface area (Å²) in [5.74, 6) is 0.828. The number of rotatable bonds is 4. The molecule has 2 nitrogen and oxygen atoms in total. The summed E-state index contributed by atoms with van der Waals surface area (Å²) in [6.45, 7) is 9.11. The van der Waals surface area contributed by atoms with Crippen LogP contribution >= 0.6 is 0 Å². The van der Waals surface area contributed by atoms with Gasteiger partial charge in [0.15, 0.2) is 0 Å². The molecule has 0 spiro atoms. The fourth-order valence-corrected chi connectivity index (χ4v) is 2.86. The Morgan fingerprint density at radius 2 is 2.17 bits per heavy atom. The molecule has 1 aliphatic heterocycles. The van der Waals surface area contributed by atoms with Gasteiger partial charge in [-0.15, -0.1) is 0 Å². The van der Waals surface area contributed by atoms with Gasteiger partial charge in [0.2, 0.25) is 0 Å². The molecule has 0 aromatic heterocycles. The van der Waals surface area contributed by atoms with Crippen LogP contribution in [0.2, 0.25) is 0 Å². The molecular formula is C16H26N2. The van der Waals surface area contributed by atoms with Crippen LogP contribution in [0.15, 0.2) is 18.2 Å². The summed E-state index contributed by atoms with van der Waals surface area (Å²) >= 11 is 0. The predicted molar refractivity (Wildman–Crippen MR) is 77.8 cm³/mol. The molecule has 0 amide bonds. The monoisotopic (exact) mass is 246 g/mol. The molecule has 1 fully saturated rings. The highest BCUT2D eigenvalue weighted by Gasteiger charge is 2.15. The minimum atomic E-state index is 0.828. The van der Waals surface area contributed by atoms with Gasteiger partial charge in [0, 0.05) is 13.1 Å². The average molecular weight is 246 g/mol. The van der Waals surface area contributed by atoms with Gasteiger partial charge in [-0.1, -0.05) is 18.2 Å². The summed E-state index contributed by atoms with van der Waals surface area (Å²) in [4.78, 5) is 2.47. The lowest BCUT2D eigenvalue weighted by molar-refractivity contribution is 0.237. The van der Waals surface area contributed by atoms with Gasteiger partial charge in [0.1, 0.15) is 0 Å². The maximum absolute atomic E-state index is 3.50. The second-order valence-electron chi connectivity index (χ2n) is 5.77. The molecule has 1 aromatic carbocycles. The molecule has 1 saturated heterocycles. The quantitative estimate of drug-likeness (QED) is 0.879. The van der Waals surface area contributed by atoms with Gasteiger partial charge in [0.25, 0.3) is 0 Å². The molecule has 1 aliphatic rings. The van der Waals surface area contributed by atoms with E-state index in [-0.39, 0.29) is 0 Å². The molecule has 1 unspecified atom stereocenters. The lowest BCUT2D eigenvalue weighted by atomic mass is 9.98. The molecule has 1 heterocycles. The van der Waals surface area contributed by atoms with Crippen LogP contribution in [0, 0.1) is 19.8 Å². The first-order chi connectivity index (χ1) is 8.66. The van der Waals surface area contributed by atoms with Gasteiger partial charge in [-0.3, -0.25) is 0 Å². The van der Waals surface area contributed by atoms with E-state index in [0.717, 1.165) is 12.5 Å². The van der Waals surface area contributed by atoms with E-state index in [9.17, 15) is 0 Å².